The minimum atomic E-state index is -0.231. The molecule has 1 atom stereocenters. The highest BCUT2D eigenvalue weighted by Crippen LogP contribution is 2.36. The molecule has 0 saturated carbocycles. The van der Waals surface area contributed by atoms with Crippen LogP contribution in [-0.2, 0) is 12.2 Å². The second-order valence-electron chi connectivity index (χ2n) is 6.85. The van der Waals surface area contributed by atoms with E-state index in [9.17, 15) is 4.79 Å². The van der Waals surface area contributed by atoms with Gasteiger partial charge in [-0.05, 0) is 23.1 Å². The Balaban J connectivity index is 1.69. The largest absolute Gasteiger partial charge is 0.360 e. The summed E-state index contributed by atoms with van der Waals surface area (Å²) < 4.78 is 0. The highest BCUT2D eigenvalue weighted by atomic mass is 32.2. The topological polar surface area (TPSA) is 32.9 Å². The molecule has 0 aliphatic carbocycles. The molecule has 3 heteroatoms. The molecule has 140 valence electrons. The number of rotatable bonds is 7. The van der Waals surface area contributed by atoms with Gasteiger partial charge in [-0.2, -0.15) is 0 Å². The average molecular weight is 386 g/mol. The molecule has 0 saturated heterocycles. The third-order valence-corrected chi connectivity index (χ3v) is 6.37. The van der Waals surface area contributed by atoms with Crippen molar-refractivity contribution in [2.24, 2.45) is 0 Å². The van der Waals surface area contributed by atoms with Crippen LogP contribution >= 0.6 is 11.8 Å². The van der Waals surface area contributed by atoms with E-state index in [-0.39, 0.29) is 11.0 Å². The van der Waals surface area contributed by atoms with Crippen LogP contribution in [0, 0.1) is 0 Å². The molecule has 1 aromatic heterocycles. The van der Waals surface area contributed by atoms with Gasteiger partial charge in [0.05, 0.1) is 5.25 Å². The number of Topliss-reactive ketones (excluding diaryl/α,β-unsaturated/α-hetero) is 1. The smallest absolute Gasteiger partial charge is 0.182 e. The third-order valence-electron chi connectivity index (χ3n) is 5.05. The zero-order valence-corrected chi connectivity index (χ0v) is 16.7. The van der Waals surface area contributed by atoms with Crippen molar-refractivity contribution in [3.63, 3.8) is 0 Å². The van der Waals surface area contributed by atoms with E-state index in [1.54, 1.807) is 11.8 Å². The molecule has 0 fully saturated rings. The fraction of sp³-hybridized carbons (Fsp3) is 0.160. The number of aromatic nitrogens is 1. The fourth-order valence-electron chi connectivity index (χ4n) is 3.56. The van der Waals surface area contributed by atoms with E-state index in [1.807, 2.05) is 66.9 Å². The lowest BCUT2D eigenvalue weighted by Crippen LogP contribution is -2.10. The van der Waals surface area contributed by atoms with Gasteiger partial charge in [-0.1, -0.05) is 85.8 Å². The number of H-pyrrole nitrogens is 1. The summed E-state index contributed by atoms with van der Waals surface area (Å²) in [5, 5.41) is 0.788. The summed E-state index contributed by atoms with van der Waals surface area (Å²) in [6.45, 7) is 2.14. The van der Waals surface area contributed by atoms with Crippen molar-refractivity contribution in [1.82, 2.24) is 4.98 Å². The van der Waals surface area contributed by atoms with E-state index in [0.717, 1.165) is 34.2 Å². The Hall–Kier alpha value is -2.78. The lowest BCUT2D eigenvalue weighted by atomic mass is 10.0. The van der Waals surface area contributed by atoms with Crippen molar-refractivity contribution >= 4 is 28.4 Å². The van der Waals surface area contributed by atoms with Crippen LogP contribution in [0.4, 0.5) is 0 Å². The lowest BCUT2D eigenvalue weighted by molar-refractivity contribution is 0.0991. The zero-order valence-electron chi connectivity index (χ0n) is 15.9. The maximum atomic E-state index is 13.6. The SMILES string of the molecule is CCc1cccc2c(C(=O)[C@H](SCc3ccccc3)c3ccccc3)c[nH]c12. The van der Waals surface area contributed by atoms with E-state index in [0.29, 0.717) is 0 Å². The van der Waals surface area contributed by atoms with Gasteiger partial charge in [-0.15, -0.1) is 11.8 Å². The van der Waals surface area contributed by atoms with Crippen molar-refractivity contribution in [3.05, 3.63) is 107 Å². The Morgan fingerprint density at radius 2 is 1.64 bits per heavy atom. The van der Waals surface area contributed by atoms with E-state index in [4.69, 9.17) is 0 Å². The molecule has 4 aromatic rings. The van der Waals surface area contributed by atoms with E-state index < -0.39 is 0 Å². The average Bonchev–Trinajstić information content (AvgIpc) is 3.19. The number of thioether (sulfide) groups is 1. The Morgan fingerprint density at radius 1 is 0.929 bits per heavy atom. The fourth-order valence-corrected chi connectivity index (χ4v) is 4.74. The van der Waals surface area contributed by atoms with Gasteiger partial charge in [-0.25, -0.2) is 0 Å². The van der Waals surface area contributed by atoms with Gasteiger partial charge in [0.2, 0.25) is 0 Å². The van der Waals surface area contributed by atoms with Crippen LogP contribution in [-0.4, -0.2) is 10.8 Å². The molecule has 1 heterocycles. The number of para-hydroxylation sites is 1. The summed E-state index contributed by atoms with van der Waals surface area (Å²) in [5.74, 6) is 0.959. The summed E-state index contributed by atoms with van der Waals surface area (Å²) in [5.41, 5.74) is 5.38. The Labute approximate surface area is 170 Å². The molecule has 0 aliphatic rings. The molecular weight excluding hydrogens is 362 g/mol. The van der Waals surface area contributed by atoms with Crippen LogP contribution in [0.3, 0.4) is 0 Å². The Bertz CT molecular complexity index is 1070. The summed E-state index contributed by atoms with van der Waals surface area (Å²) in [7, 11) is 0. The highest BCUT2D eigenvalue weighted by Gasteiger charge is 2.25. The van der Waals surface area contributed by atoms with Crippen LogP contribution in [0.15, 0.2) is 85.1 Å². The van der Waals surface area contributed by atoms with Crippen LogP contribution in [0.25, 0.3) is 10.9 Å². The Kier molecular flexibility index (Phi) is 5.63. The molecule has 0 bridgehead atoms. The van der Waals surface area contributed by atoms with Crippen molar-refractivity contribution in [3.8, 4) is 0 Å². The van der Waals surface area contributed by atoms with Crippen LogP contribution in [0.1, 0.15) is 39.2 Å². The molecule has 0 amide bonds. The predicted octanol–water partition coefficient (Wildman–Crippen LogP) is 6.59. The minimum absolute atomic E-state index is 0.159. The number of benzene rings is 3. The predicted molar refractivity (Wildman–Crippen MR) is 119 cm³/mol. The van der Waals surface area contributed by atoms with E-state index in [1.165, 1.54) is 11.1 Å². The van der Waals surface area contributed by atoms with Crippen molar-refractivity contribution in [2.45, 2.75) is 24.3 Å². The van der Waals surface area contributed by atoms with Gasteiger partial charge in [-0.3, -0.25) is 4.79 Å². The Morgan fingerprint density at radius 3 is 2.36 bits per heavy atom. The number of hydrogen-bond acceptors (Lipinski definition) is 2. The highest BCUT2D eigenvalue weighted by molar-refractivity contribution is 7.99. The zero-order chi connectivity index (χ0) is 19.3. The van der Waals surface area contributed by atoms with Gasteiger partial charge in [0, 0.05) is 28.4 Å². The summed E-state index contributed by atoms with van der Waals surface area (Å²) in [4.78, 5) is 16.9. The number of aryl methyl sites for hydroxylation is 1. The second kappa shape index (κ2) is 8.49. The number of aromatic amines is 1. The number of ketones is 1. The number of nitrogens with one attached hydrogen (secondary N) is 1. The molecule has 28 heavy (non-hydrogen) atoms. The molecule has 0 aliphatic heterocycles. The van der Waals surface area contributed by atoms with Gasteiger partial charge in [0.1, 0.15) is 0 Å². The summed E-state index contributed by atoms with van der Waals surface area (Å²) in [6, 6.07) is 26.6. The van der Waals surface area contributed by atoms with Crippen LogP contribution in [0.2, 0.25) is 0 Å². The quantitative estimate of drug-likeness (QED) is 0.364. The maximum Gasteiger partial charge on any atom is 0.182 e. The summed E-state index contributed by atoms with van der Waals surface area (Å²) >= 11 is 1.69. The first-order chi connectivity index (χ1) is 13.8. The minimum Gasteiger partial charge on any atom is -0.360 e. The molecule has 3 aromatic carbocycles. The van der Waals surface area contributed by atoms with Gasteiger partial charge in [0.25, 0.3) is 0 Å². The molecule has 0 spiro atoms. The van der Waals surface area contributed by atoms with Crippen molar-refractivity contribution < 1.29 is 4.79 Å². The molecule has 1 N–H and O–H groups in total. The summed E-state index contributed by atoms with van der Waals surface area (Å²) in [6.07, 6.45) is 2.82. The normalized spacial score (nSPS) is 12.2. The van der Waals surface area contributed by atoms with Crippen LogP contribution in [0.5, 0.6) is 0 Å². The first kappa shape index (κ1) is 18.6. The standard InChI is InChI=1S/C25H23NOS/c1-2-19-14-9-15-21-22(16-26-23(19)21)24(27)25(20-12-7-4-8-13-20)28-17-18-10-5-3-6-11-18/h3-16,25-26H,2,17H2,1H3/t25-/m1/s1. The lowest BCUT2D eigenvalue weighted by Gasteiger charge is -2.16. The van der Waals surface area contributed by atoms with E-state index >= 15 is 0 Å². The third kappa shape index (κ3) is 3.76. The second-order valence-corrected chi connectivity index (χ2v) is 7.94. The molecule has 2 nitrogen and oxygen atoms in total. The number of carbonyl (C=O) groups excluding carboxylic acids is 1. The van der Waals surface area contributed by atoms with Crippen LogP contribution < -0.4 is 0 Å². The monoisotopic (exact) mass is 385 g/mol. The van der Waals surface area contributed by atoms with Gasteiger partial charge >= 0.3 is 0 Å². The molecular formula is C25H23NOS. The van der Waals surface area contributed by atoms with Crippen molar-refractivity contribution in [2.75, 3.05) is 0 Å². The number of fused-ring (bicyclic) bond motifs is 1. The molecule has 4 rings (SSSR count). The molecule has 0 unspecified atom stereocenters. The maximum absolute atomic E-state index is 13.6. The number of carbonyl (C=O) groups is 1. The van der Waals surface area contributed by atoms with E-state index in [2.05, 4.69) is 30.1 Å². The van der Waals surface area contributed by atoms with Gasteiger partial charge in [0.15, 0.2) is 5.78 Å². The first-order valence-electron chi connectivity index (χ1n) is 9.61. The molecule has 0 radical (unpaired) electrons. The first-order valence-corrected chi connectivity index (χ1v) is 10.7. The number of hydrogen-bond donors (Lipinski definition) is 1. The van der Waals surface area contributed by atoms with Gasteiger partial charge < -0.3 is 4.98 Å². The van der Waals surface area contributed by atoms with Crippen molar-refractivity contribution in [1.29, 1.82) is 0 Å².